The first-order chi connectivity index (χ1) is 4.31. The van der Waals surface area contributed by atoms with Gasteiger partial charge in [0.05, 0.1) is 0 Å². The fraction of sp³-hybridized carbons (Fsp3) is 0.667. The Balaban J connectivity index is 3.06. The van der Waals surface area contributed by atoms with Crippen molar-refractivity contribution < 1.29 is 0 Å². The molecule has 0 radical (unpaired) electrons. The predicted molar refractivity (Wildman–Crippen MR) is 46.3 cm³/mol. The van der Waals surface area contributed by atoms with E-state index in [0.29, 0.717) is 6.04 Å². The standard InChI is InChI=1S/C6H11BrClN/c1-6(5-7)9-4-2-3-8/h2-3,6,9H,4-5H2,1H3/b3-2+. The minimum absolute atomic E-state index is 0.512. The van der Waals surface area contributed by atoms with Crippen molar-refractivity contribution in [2.24, 2.45) is 0 Å². The summed E-state index contributed by atoms with van der Waals surface area (Å²) in [6.45, 7) is 2.95. The average Bonchev–Trinajstić information content (AvgIpc) is 1.89. The van der Waals surface area contributed by atoms with E-state index in [2.05, 4.69) is 28.2 Å². The van der Waals surface area contributed by atoms with Crippen LogP contribution in [0.5, 0.6) is 0 Å². The summed E-state index contributed by atoms with van der Waals surface area (Å²) in [4.78, 5) is 0. The van der Waals surface area contributed by atoms with Gasteiger partial charge < -0.3 is 5.32 Å². The molecule has 0 bridgehead atoms. The molecule has 1 atom stereocenters. The van der Waals surface area contributed by atoms with E-state index < -0.39 is 0 Å². The van der Waals surface area contributed by atoms with E-state index in [4.69, 9.17) is 11.6 Å². The molecule has 1 nitrogen and oxygen atoms in total. The van der Waals surface area contributed by atoms with Gasteiger partial charge in [0, 0.05) is 23.5 Å². The van der Waals surface area contributed by atoms with Gasteiger partial charge in [-0.1, -0.05) is 33.6 Å². The summed E-state index contributed by atoms with van der Waals surface area (Å²) in [7, 11) is 0. The Hall–Kier alpha value is 0.470. The van der Waals surface area contributed by atoms with Crippen molar-refractivity contribution in [3.05, 3.63) is 11.6 Å². The van der Waals surface area contributed by atoms with Crippen LogP contribution in [0, 0.1) is 0 Å². The minimum Gasteiger partial charge on any atom is -0.310 e. The summed E-state index contributed by atoms with van der Waals surface area (Å²) < 4.78 is 0. The van der Waals surface area contributed by atoms with Gasteiger partial charge in [-0.3, -0.25) is 0 Å². The number of hydrogen-bond acceptors (Lipinski definition) is 1. The van der Waals surface area contributed by atoms with Gasteiger partial charge in [0.15, 0.2) is 0 Å². The number of halogens is 2. The van der Waals surface area contributed by atoms with E-state index in [0.717, 1.165) is 11.9 Å². The molecule has 0 aromatic rings. The molecule has 3 heteroatoms. The van der Waals surface area contributed by atoms with Crippen LogP contribution in [0.2, 0.25) is 0 Å². The predicted octanol–water partition coefficient (Wildman–Crippen LogP) is 2.11. The monoisotopic (exact) mass is 211 g/mol. The molecule has 0 fully saturated rings. The Bertz CT molecular complexity index is 85.1. The van der Waals surface area contributed by atoms with Crippen LogP contribution in [0.1, 0.15) is 6.92 Å². The Morgan fingerprint density at radius 3 is 2.89 bits per heavy atom. The maximum absolute atomic E-state index is 5.30. The van der Waals surface area contributed by atoms with Crippen LogP contribution in [-0.2, 0) is 0 Å². The molecule has 0 spiro atoms. The van der Waals surface area contributed by atoms with Gasteiger partial charge in [0.2, 0.25) is 0 Å². The third kappa shape index (κ3) is 6.35. The summed E-state index contributed by atoms with van der Waals surface area (Å²) >= 11 is 8.64. The second kappa shape index (κ2) is 6.59. The van der Waals surface area contributed by atoms with E-state index in [1.54, 1.807) is 0 Å². The normalized spacial score (nSPS) is 14.6. The van der Waals surface area contributed by atoms with Crippen LogP contribution in [-0.4, -0.2) is 17.9 Å². The Kier molecular flexibility index (Phi) is 6.93. The van der Waals surface area contributed by atoms with Crippen molar-refractivity contribution >= 4 is 27.5 Å². The third-order valence-electron chi connectivity index (χ3n) is 0.905. The molecule has 0 aromatic carbocycles. The van der Waals surface area contributed by atoms with E-state index >= 15 is 0 Å². The molecule has 0 rings (SSSR count). The van der Waals surface area contributed by atoms with Crippen molar-refractivity contribution in [2.45, 2.75) is 13.0 Å². The Labute approximate surface area is 69.6 Å². The number of nitrogens with one attached hydrogen (secondary N) is 1. The molecular weight excluding hydrogens is 201 g/mol. The maximum Gasteiger partial charge on any atom is 0.0183 e. The molecule has 0 amide bonds. The highest BCUT2D eigenvalue weighted by Crippen LogP contribution is 1.87. The second-order valence-electron chi connectivity index (χ2n) is 1.83. The highest BCUT2D eigenvalue weighted by molar-refractivity contribution is 9.09. The lowest BCUT2D eigenvalue weighted by atomic mass is 10.4. The van der Waals surface area contributed by atoms with E-state index in [1.807, 2.05) is 6.08 Å². The smallest absolute Gasteiger partial charge is 0.0183 e. The Morgan fingerprint density at radius 1 is 1.78 bits per heavy atom. The van der Waals surface area contributed by atoms with Gasteiger partial charge in [-0.25, -0.2) is 0 Å². The molecule has 54 valence electrons. The van der Waals surface area contributed by atoms with E-state index in [1.165, 1.54) is 5.54 Å². The van der Waals surface area contributed by atoms with Gasteiger partial charge in [-0.05, 0) is 6.92 Å². The van der Waals surface area contributed by atoms with E-state index in [-0.39, 0.29) is 0 Å². The van der Waals surface area contributed by atoms with Crippen LogP contribution in [0.4, 0.5) is 0 Å². The minimum atomic E-state index is 0.512. The molecular formula is C6H11BrClN. The van der Waals surface area contributed by atoms with Crippen molar-refractivity contribution in [1.82, 2.24) is 5.32 Å². The summed E-state index contributed by atoms with van der Waals surface area (Å²) in [5, 5.41) is 4.19. The Morgan fingerprint density at radius 2 is 2.44 bits per heavy atom. The molecule has 1 unspecified atom stereocenters. The zero-order valence-electron chi connectivity index (χ0n) is 5.40. The molecule has 0 saturated carbocycles. The number of hydrogen-bond donors (Lipinski definition) is 1. The first-order valence-corrected chi connectivity index (χ1v) is 4.41. The molecule has 0 saturated heterocycles. The van der Waals surface area contributed by atoms with Gasteiger partial charge in [-0.2, -0.15) is 0 Å². The van der Waals surface area contributed by atoms with Gasteiger partial charge >= 0.3 is 0 Å². The lowest BCUT2D eigenvalue weighted by Gasteiger charge is -2.06. The van der Waals surface area contributed by atoms with Crippen molar-refractivity contribution in [3.8, 4) is 0 Å². The van der Waals surface area contributed by atoms with Gasteiger partial charge in [0.1, 0.15) is 0 Å². The van der Waals surface area contributed by atoms with Crippen molar-refractivity contribution in [3.63, 3.8) is 0 Å². The zero-order chi connectivity index (χ0) is 7.11. The SMILES string of the molecule is CC(CBr)NC/C=C/Cl. The average molecular weight is 213 g/mol. The van der Waals surface area contributed by atoms with Crippen molar-refractivity contribution in [1.29, 1.82) is 0 Å². The lowest BCUT2D eigenvalue weighted by Crippen LogP contribution is -2.27. The largest absolute Gasteiger partial charge is 0.310 e. The molecule has 9 heavy (non-hydrogen) atoms. The highest BCUT2D eigenvalue weighted by Gasteiger charge is 1.92. The third-order valence-corrected chi connectivity index (χ3v) is 2.05. The zero-order valence-corrected chi connectivity index (χ0v) is 7.74. The number of alkyl halides is 1. The highest BCUT2D eigenvalue weighted by atomic mass is 79.9. The fourth-order valence-electron chi connectivity index (χ4n) is 0.368. The fourth-order valence-corrected chi connectivity index (χ4v) is 0.686. The van der Waals surface area contributed by atoms with Gasteiger partial charge in [0.25, 0.3) is 0 Å². The van der Waals surface area contributed by atoms with Crippen LogP contribution >= 0.6 is 27.5 Å². The molecule has 0 aliphatic heterocycles. The van der Waals surface area contributed by atoms with Crippen molar-refractivity contribution in [2.75, 3.05) is 11.9 Å². The quantitative estimate of drug-likeness (QED) is 0.704. The topological polar surface area (TPSA) is 12.0 Å². The molecule has 0 aliphatic rings. The second-order valence-corrected chi connectivity index (χ2v) is 2.72. The van der Waals surface area contributed by atoms with Crippen LogP contribution in [0.15, 0.2) is 11.6 Å². The van der Waals surface area contributed by atoms with Crippen LogP contribution in [0.3, 0.4) is 0 Å². The molecule has 1 N–H and O–H groups in total. The maximum atomic E-state index is 5.30. The lowest BCUT2D eigenvalue weighted by molar-refractivity contribution is 0.644. The molecule has 0 heterocycles. The summed E-state index contributed by atoms with van der Waals surface area (Å²) in [5.41, 5.74) is 1.52. The molecule has 0 aromatic heterocycles. The number of rotatable bonds is 4. The first kappa shape index (κ1) is 9.47. The first-order valence-electron chi connectivity index (χ1n) is 2.85. The summed E-state index contributed by atoms with van der Waals surface area (Å²) in [6, 6.07) is 0.512. The van der Waals surface area contributed by atoms with Crippen LogP contribution < -0.4 is 5.32 Å². The van der Waals surface area contributed by atoms with Crippen LogP contribution in [0.25, 0.3) is 0 Å². The summed E-state index contributed by atoms with van der Waals surface area (Å²) in [5.74, 6) is 0. The summed E-state index contributed by atoms with van der Waals surface area (Å²) in [6.07, 6.45) is 1.88. The molecule has 0 aliphatic carbocycles. The van der Waals surface area contributed by atoms with Gasteiger partial charge in [-0.15, -0.1) is 0 Å². The van der Waals surface area contributed by atoms with E-state index in [9.17, 15) is 0 Å².